The third kappa shape index (κ3) is 3.69. The highest BCUT2D eigenvalue weighted by molar-refractivity contribution is 6.02. The molecule has 0 bridgehead atoms. The highest BCUT2D eigenvalue weighted by Gasteiger charge is 2.44. The highest BCUT2D eigenvalue weighted by atomic mass is 19.2. The first-order valence-electron chi connectivity index (χ1n) is 8.50. The third-order valence-corrected chi connectivity index (χ3v) is 4.81. The number of hydrogen-bond donors (Lipinski definition) is 2. The lowest BCUT2D eigenvalue weighted by atomic mass is 9.80. The number of aromatic nitrogens is 1. The van der Waals surface area contributed by atoms with Gasteiger partial charge in [-0.05, 0) is 50.1 Å². The van der Waals surface area contributed by atoms with Crippen LogP contribution in [-0.4, -0.2) is 29.1 Å². The number of benzene rings is 1. The quantitative estimate of drug-likeness (QED) is 0.777. The van der Waals surface area contributed by atoms with Crippen LogP contribution >= 0.6 is 0 Å². The van der Waals surface area contributed by atoms with Gasteiger partial charge < -0.3 is 11.1 Å². The Morgan fingerprint density at radius 1 is 1.25 bits per heavy atom. The molecular formula is C19H18F4N4O. The molecule has 1 aromatic carbocycles. The van der Waals surface area contributed by atoms with Gasteiger partial charge in [-0.15, -0.1) is 0 Å². The maximum Gasteiger partial charge on any atom is 0.274 e. The van der Waals surface area contributed by atoms with Gasteiger partial charge in [-0.1, -0.05) is 0 Å². The number of nitrogens with zero attached hydrogens (tertiary/aromatic N) is 2. The number of nitrogens with one attached hydrogen (secondary N) is 1. The zero-order valence-corrected chi connectivity index (χ0v) is 15.0. The van der Waals surface area contributed by atoms with Gasteiger partial charge in [0.2, 0.25) is 0 Å². The normalized spacial score (nSPS) is 24.5. The van der Waals surface area contributed by atoms with E-state index in [9.17, 15) is 22.4 Å². The van der Waals surface area contributed by atoms with E-state index in [0.29, 0.717) is 0 Å². The van der Waals surface area contributed by atoms with E-state index in [1.807, 2.05) is 0 Å². The Balaban J connectivity index is 1.90. The number of nitrogens with two attached hydrogens (primary N) is 1. The molecule has 2 aromatic rings. The van der Waals surface area contributed by atoms with Gasteiger partial charge in [-0.25, -0.2) is 22.5 Å². The van der Waals surface area contributed by atoms with Crippen molar-refractivity contribution in [1.29, 1.82) is 0 Å². The summed E-state index contributed by atoms with van der Waals surface area (Å²) in [6.07, 6.45) is 0.687. The molecule has 148 valence electrons. The van der Waals surface area contributed by atoms with Gasteiger partial charge in [-0.3, -0.25) is 9.79 Å². The van der Waals surface area contributed by atoms with E-state index in [4.69, 9.17) is 5.73 Å². The summed E-state index contributed by atoms with van der Waals surface area (Å²) in [6.45, 7) is 0.255. The minimum atomic E-state index is -2.35. The molecule has 0 aliphatic carbocycles. The number of amidine groups is 1. The summed E-state index contributed by atoms with van der Waals surface area (Å²) in [5, 5.41) is 2.54. The fourth-order valence-corrected chi connectivity index (χ4v) is 3.04. The van der Waals surface area contributed by atoms with Gasteiger partial charge in [0, 0.05) is 11.3 Å². The van der Waals surface area contributed by atoms with Crippen LogP contribution < -0.4 is 11.1 Å². The molecule has 2 heterocycles. The average Bonchev–Trinajstić information content (AvgIpc) is 2.67. The topological polar surface area (TPSA) is 80.4 Å². The van der Waals surface area contributed by atoms with E-state index >= 15 is 0 Å². The molecule has 2 atom stereocenters. The lowest BCUT2D eigenvalue weighted by molar-refractivity contribution is 0.102. The van der Waals surface area contributed by atoms with Crippen LogP contribution in [0.4, 0.5) is 23.2 Å². The molecular weight excluding hydrogens is 376 g/mol. The van der Waals surface area contributed by atoms with Gasteiger partial charge in [0.05, 0.1) is 11.7 Å². The van der Waals surface area contributed by atoms with E-state index < -0.39 is 41.3 Å². The van der Waals surface area contributed by atoms with Gasteiger partial charge in [-0.2, -0.15) is 0 Å². The van der Waals surface area contributed by atoms with Crippen molar-refractivity contribution in [2.45, 2.75) is 31.0 Å². The number of rotatable bonds is 4. The second-order valence-corrected chi connectivity index (χ2v) is 6.88. The van der Waals surface area contributed by atoms with Crippen LogP contribution in [0.25, 0.3) is 0 Å². The molecule has 28 heavy (non-hydrogen) atoms. The summed E-state index contributed by atoms with van der Waals surface area (Å²) in [7, 11) is 0. The second-order valence-electron chi connectivity index (χ2n) is 6.88. The van der Waals surface area contributed by atoms with Crippen LogP contribution in [0.5, 0.6) is 0 Å². The van der Waals surface area contributed by atoms with Crippen molar-refractivity contribution in [1.82, 2.24) is 4.98 Å². The third-order valence-electron chi connectivity index (χ3n) is 4.81. The number of carbonyl (C=O) groups is 1. The first-order valence-corrected chi connectivity index (χ1v) is 8.50. The molecule has 0 fully saturated rings. The van der Waals surface area contributed by atoms with E-state index in [-0.39, 0.29) is 29.8 Å². The van der Waals surface area contributed by atoms with Crippen molar-refractivity contribution in [2.75, 3.05) is 12.0 Å². The number of alkyl halides is 2. The number of carbonyl (C=O) groups excluding carboxylic acids is 1. The van der Waals surface area contributed by atoms with E-state index in [1.165, 1.54) is 18.2 Å². The SMILES string of the molecule is C[C@@]1(c2cc(NC(=O)c3ccc(F)cn3)ccc2F)CC[C@](F)(CF)C(N)=N1. The minimum Gasteiger partial charge on any atom is -0.385 e. The number of halogens is 4. The molecule has 0 spiro atoms. The summed E-state index contributed by atoms with van der Waals surface area (Å²) in [5.41, 5.74) is 2.33. The van der Waals surface area contributed by atoms with Gasteiger partial charge in [0.25, 0.3) is 5.91 Å². The predicted octanol–water partition coefficient (Wildman–Crippen LogP) is 3.66. The van der Waals surface area contributed by atoms with Crippen LogP contribution in [0, 0.1) is 11.6 Å². The number of aliphatic imine (C=N–C) groups is 1. The Morgan fingerprint density at radius 2 is 2.00 bits per heavy atom. The summed E-state index contributed by atoms with van der Waals surface area (Å²) in [4.78, 5) is 19.9. The molecule has 1 aromatic heterocycles. The van der Waals surface area contributed by atoms with Crippen LogP contribution in [-0.2, 0) is 5.54 Å². The van der Waals surface area contributed by atoms with Gasteiger partial charge in [0.15, 0.2) is 5.67 Å². The first kappa shape index (κ1) is 19.8. The maximum atomic E-state index is 14.5. The molecule has 3 N–H and O–H groups in total. The maximum absolute atomic E-state index is 14.5. The lowest BCUT2D eigenvalue weighted by Gasteiger charge is -2.36. The number of hydrogen-bond acceptors (Lipinski definition) is 4. The summed E-state index contributed by atoms with van der Waals surface area (Å²) in [6, 6.07) is 6.12. The van der Waals surface area contributed by atoms with Crippen molar-refractivity contribution in [2.24, 2.45) is 10.7 Å². The zero-order valence-electron chi connectivity index (χ0n) is 15.0. The minimum absolute atomic E-state index is 0.0245. The highest BCUT2D eigenvalue weighted by Crippen LogP contribution is 2.41. The summed E-state index contributed by atoms with van der Waals surface area (Å²) < 4.78 is 54.6. The standard InChI is InChI=1S/C19H18F4N4O/c1-18(6-7-19(23,10-20)17(24)27-18)13-8-12(3-4-14(13)22)26-16(28)15-5-2-11(21)9-25-15/h2-5,8-9H,6-7,10H2,1H3,(H2,24,27)(H,26,28)/t18-,19-/m0/s1. The van der Waals surface area contributed by atoms with Crippen molar-refractivity contribution in [3.8, 4) is 0 Å². The van der Waals surface area contributed by atoms with Crippen LogP contribution in [0.15, 0.2) is 41.5 Å². The molecule has 1 aliphatic rings. The van der Waals surface area contributed by atoms with Gasteiger partial charge in [0.1, 0.15) is 29.8 Å². The Hall–Kier alpha value is -2.97. The molecule has 3 rings (SSSR count). The molecule has 0 unspecified atom stereocenters. The van der Waals surface area contributed by atoms with Crippen molar-refractivity contribution >= 4 is 17.4 Å². The van der Waals surface area contributed by atoms with E-state index in [0.717, 1.165) is 18.3 Å². The smallest absolute Gasteiger partial charge is 0.274 e. The molecule has 0 saturated heterocycles. The Bertz CT molecular complexity index is 934. The monoisotopic (exact) mass is 394 g/mol. The fourth-order valence-electron chi connectivity index (χ4n) is 3.04. The first-order chi connectivity index (χ1) is 13.2. The number of pyridine rings is 1. The number of amides is 1. The molecule has 5 nitrogen and oxygen atoms in total. The summed E-state index contributed by atoms with van der Waals surface area (Å²) in [5.74, 6) is -2.34. The van der Waals surface area contributed by atoms with E-state index in [1.54, 1.807) is 6.92 Å². The molecule has 0 radical (unpaired) electrons. The second kappa shape index (κ2) is 7.21. The zero-order chi connectivity index (χ0) is 20.5. The Labute approximate surface area is 158 Å². The molecule has 9 heteroatoms. The predicted molar refractivity (Wildman–Crippen MR) is 96.6 cm³/mol. The van der Waals surface area contributed by atoms with Crippen molar-refractivity contribution in [3.05, 3.63) is 59.4 Å². The lowest BCUT2D eigenvalue weighted by Crippen LogP contribution is -2.48. The van der Waals surface area contributed by atoms with Gasteiger partial charge >= 0.3 is 0 Å². The molecule has 0 saturated carbocycles. The molecule has 1 aliphatic heterocycles. The van der Waals surface area contributed by atoms with E-state index in [2.05, 4.69) is 15.3 Å². The fraction of sp³-hybridized carbons (Fsp3) is 0.316. The number of anilines is 1. The Kier molecular flexibility index (Phi) is 5.10. The van der Waals surface area contributed by atoms with Crippen LogP contribution in [0.3, 0.4) is 0 Å². The largest absolute Gasteiger partial charge is 0.385 e. The van der Waals surface area contributed by atoms with Crippen molar-refractivity contribution < 1.29 is 22.4 Å². The van der Waals surface area contributed by atoms with Crippen LogP contribution in [0.1, 0.15) is 35.8 Å². The van der Waals surface area contributed by atoms with Crippen LogP contribution in [0.2, 0.25) is 0 Å². The molecule has 1 amide bonds. The average molecular weight is 394 g/mol. The Morgan fingerprint density at radius 3 is 2.61 bits per heavy atom. The van der Waals surface area contributed by atoms with Crippen molar-refractivity contribution in [3.63, 3.8) is 0 Å². The summed E-state index contributed by atoms with van der Waals surface area (Å²) >= 11 is 0.